The van der Waals surface area contributed by atoms with Gasteiger partial charge in [0, 0.05) is 20.1 Å². The number of para-hydroxylation sites is 2. The average Bonchev–Trinajstić information content (AvgIpc) is 3.26. The Labute approximate surface area is 228 Å². The van der Waals surface area contributed by atoms with Crippen LogP contribution in [0.3, 0.4) is 0 Å². The lowest BCUT2D eigenvalue weighted by molar-refractivity contribution is -0.145. The van der Waals surface area contributed by atoms with Crippen LogP contribution in [0, 0.1) is 0 Å². The first kappa shape index (κ1) is 26.0. The Hall–Kier alpha value is -4.59. The molecule has 3 atom stereocenters. The Morgan fingerprint density at radius 1 is 0.897 bits per heavy atom. The van der Waals surface area contributed by atoms with Crippen molar-refractivity contribution in [2.24, 2.45) is 0 Å². The third kappa shape index (κ3) is 5.10. The van der Waals surface area contributed by atoms with Gasteiger partial charge in [0.15, 0.2) is 6.04 Å². The molecule has 2 heterocycles. The van der Waals surface area contributed by atoms with E-state index in [9.17, 15) is 19.5 Å². The van der Waals surface area contributed by atoms with Crippen molar-refractivity contribution in [2.75, 3.05) is 18.5 Å². The summed E-state index contributed by atoms with van der Waals surface area (Å²) in [5.41, 5.74) is 3.25. The maximum atomic E-state index is 14.1. The minimum atomic E-state index is -1.16. The topological polar surface area (TPSA) is 84.4 Å². The first-order chi connectivity index (χ1) is 18.9. The number of carbonyl (C=O) groups is 3. The molecular weight excluding hydrogens is 492 g/mol. The van der Waals surface area contributed by atoms with Crippen molar-refractivity contribution in [2.45, 2.75) is 37.5 Å². The highest BCUT2D eigenvalue weighted by Gasteiger charge is 2.54. The predicted molar refractivity (Wildman–Crippen MR) is 151 cm³/mol. The van der Waals surface area contributed by atoms with E-state index < -0.39 is 24.1 Å². The molecule has 2 saturated heterocycles. The number of nitrogens with zero attached hydrogens (tertiary/aromatic N) is 4. The van der Waals surface area contributed by atoms with Crippen molar-refractivity contribution in [1.29, 1.82) is 0 Å². The molecule has 3 aromatic rings. The molecule has 0 spiro atoms. The lowest BCUT2D eigenvalue weighted by atomic mass is 10.0. The molecule has 8 nitrogen and oxygen atoms in total. The van der Waals surface area contributed by atoms with Gasteiger partial charge in [0.1, 0.15) is 0 Å². The maximum Gasteiger partial charge on any atom is 0.329 e. The Bertz CT molecular complexity index is 1310. The number of benzene rings is 3. The van der Waals surface area contributed by atoms with E-state index in [1.807, 2.05) is 84.9 Å². The van der Waals surface area contributed by atoms with E-state index in [2.05, 4.69) is 6.58 Å². The Morgan fingerprint density at radius 2 is 1.49 bits per heavy atom. The molecule has 2 aliphatic heterocycles. The number of anilines is 2. The molecule has 39 heavy (non-hydrogen) atoms. The van der Waals surface area contributed by atoms with Crippen LogP contribution < -0.4 is 4.90 Å². The number of hydrogen-bond donors (Lipinski definition) is 1. The fourth-order valence-corrected chi connectivity index (χ4v) is 5.69. The van der Waals surface area contributed by atoms with Crippen LogP contribution in [0.5, 0.6) is 0 Å². The first-order valence-electron chi connectivity index (χ1n) is 13.1. The van der Waals surface area contributed by atoms with Crippen LogP contribution >= 0.6 is 0 Å². The molecule has 0 radical (unpaired) electrons. The van der Waals surface area contributed by atoms with E-state index in [1.165, 1.54) is 4.90 Å². The van der Waals surface area contributed by atoms with E-state index in [-0.39, 0.29) is 18.6 Å². The van der Waals surface area contributed by atoms with Gasteiger partial charge < -0.3 is 19.8 Å². The fraction of sp³-hybridized carbons (Fsp3) is 0.258. The molecular formula is C31H32N4O4. The summed E-state index contributed by atoms with van der Waals surface area (Å²) in [6, 6.07) is 23.5. The maximum absolute atomic E-state index is 14.1. The number of amides is 4. The van der Waals surface area contributed by atoms with Crippen LogP contribution in [-0.2, 0) is 11.3 Å². The molecule has 1 N–H and O–H groups in total. The van der Waals surface area contributed by atoms with Crippen molar-refractivity contribution in [1.82, 2.24) is 14.7 Å². The third-order valence-electron chi connectivity index (χ3n) is 7.56. The molecule has 4 amide bonds. The lowest BCUT2D eigenvalue weighted by Crippen LogP contribution is -2.67. The quantitative estimate of drug-likeness (QED) is 0.465. The zero-order valence-electron chi connectivity index (χ0n) is 21.9. The van der Waals surface area contributed by atoms with E-state index in [0.717, 1.165) is 11.1 Å². The van der Waals surface area contributed by atoms with E-state index in [0.29, 0.717) is 30.8 Å². The summed E-state index contributed by atoms with van der Waals surface area (Å²) in [5, 5.41) is 10.4. The average molecular weight is 525 g/mol. The highest BCUT2D eigenvalue weighted by molar-refractivity contribution is 6.01. The molecule has 200 valence electrons. The Morgan fingerprint density at radius 3 is 2.03 bits per heavy atom. The van der Waals surface area contributed by atoms with Gasteiger partial charge in [-0.25, -0.2) is 14.4 Å². The summed E-state index contributed by atoms with van der Waals surface area (Å²) in [5.74, 6) is -1.12. The molecule has 2 fully saturated rings. The van der Waals surface area contributed by atoms with Gasteiger partial charge >= 0.3 is 18.0 Å². The van der Waals surface area contributed by atoms with Crippen molar-refractivity contribution in [3.8, 4) is 0 Å². The minimum absolute atomic E-state index is 0.149. The summed E-state index contributed by atoms with van der Waals surface area (Å²) in [6.07, 6.45) is 2.93. The summed E-state index contributed by atoms with van der Waals surface area (Å²) in [7, 11) is 1.73. The zero-order valence-corrected chi connectivity index (χ0v) is 21.9. The van der Waals surface area contributed by atoms with Crippen LogP contribution in [0.15, 0.2) is 91.5 Å². The van der Waals surface area contributed by atoms with Gasteiger partial charge in [-0.1, -0.05) is 73.3 Å². The third-order valence-corrected chi connectivity index (χ3v) is 7.56. The Kier molecular flexibility index (Phi) is 7.36. The molecule has 5 rings (SSSR count). The van der Waals surface area contributed by atoms with Crippen LogP contribution in [0.4, 0.5) is 21.0 Å². The van der Waals surface area contributed by atoms with Crippen LogP contribution in [-0.4, -0.2) is 69.6 Å². The standard InChI is InChI=1S/C31H32N4O4/c1-3-22-14-16-23(17-15-22)20-32(2)30(38)35-26-18-19-27(35)28(29(36)37)33(21-26)31(39)34(24-10-6-4-7-11-24)25-12-8-5-9-13-25/h3-17,26-28H,1,18-21H2,2H3,(H,36,37)/t26?,27-,28+/m1/s1. The van der Waals surface area contributed by atoms with E-state index in [4.69, 9.17) is 0 Å². The number of piperazine rings is 1. The summed E-state index contributed by atoms with van der Waals surface area (Å²) in [4.78, 5) is 46.7. The van der Waals surface area contributed by atoms with Crippen LogP contribution in [0.2, 0.25) is 0 Å². The summed E-state index contributed by atoms with van der Waals surface area (Å²) >= 11 is 0. The van der Waals surface area contributed by atoms with Crippen molar-refractivity contribution >= 4 is 35.5 Å². The predicted octanol–water partition coefficient (Wildman–Crippen LogP) is 5.44. The largest absolute Gasteiger partial charge is 0.480 e. The van der Waals surface area contributed by atoms with Gasteiger partial charge in [0.2, 0.25) is 0 Å². The van der Waals surface area contributed by atoms with E-state index >= 15 is 0 Å². The van der Waals surface area contributed by atoms with Gasteiger partial charge in [-0.2, -0.15) is 0 Å². The number of carboxylic acid groups (broad SMARTS) is 1. The lowest BCUT2D eigenvalue weighted by Gasteiger charge is -2.47. The van der Waals surface area contributed by atoms with Gasteiger partial charge in [0.25, 0.3) is 0 Å². The molecule has 3 aromatic carbocycles. The second-order valence-electron chi connectivity index (χ2n) is 10.0. The van der Waals surface area contributed by atoms with Gasteiger partial charge in [0.05, 0.1) is 23.5 Å². The second kappa shape index (κ2) is 11.0. The monoisotopic (exact) mass is 524 g/mol. The number of likely N-dealkylation sites (tertiary alicyclic amines) is 1. The molecule has 0 aromatic heterocycles. The number of rotatable bonds is 6. The van der Waals surface area contributed by atoms with E-state index in [1.54, 1.807) is 27.8 Å². The molecule has 2 bridgehead atoms. The number of urea groups is 2. The van der Waals surface area contributed by atoms with Crippen molar-refractivity contribution < 1.29 is 19.5 Å². The molecule has 1 unspecified atom stereocenters. The highest BCUT2D eigenvalue weighted by Crippen LogP contribution is 2.37. The SMILES string of the molecule is C=Cc1ccc(CN(C)C(=O)N2C3CC[C@@H]2[C@@H](C(=O)O)N(C(=O)N(c2ccccc2)c2ccccc2)C3)cc1. The number of carboxylic acids is 1. The van der Waals surface area contributed by atoms with Crippen molar-refractivity contribution in [3.63, 3.8) is 0 Å². The van der Waals surface area contributed by atoms with Gasteiger partial charge in [-0.3, -0.25) is 4.90 Å². The summed E-state index contributed by atoms with van der Waals surface area (Å²) in [6.45, 7) is 4.31. The van der Waals surface area contributed by atoms with Crippen molar-refractivity contribution in [3.05, 3.63) is 103 Å². The summed E-state index contributed by atoms with van der Waals surface area (Å²) < 4.78 is 0. The van der Waals surface area contributed by atoms with Crippen LogP contribution in [0.1, 0.15) is 24.0 Å². The molecule has 2 aliphatic rings. The smallest absolute Gasteiger partial charge is 0.329 e. The molecule has 0 aliphatic carbocycles. The zero-order chi connectivity index (χ0) is 27.5. The number of aliphatic carboxylic acids is 1. The normalized spacial score (nSPS) is 19.9. The first-order valence-corrected chi connectivity index (χ1v) is 13.1. The highest BCUT2D eigenvalue weighted by atomic mass is 16.4. The van der Waals surface area contributed by atoms with Gasteiger partial charge in [-0.15, -0.1) is 0 Å². The Balaban J connectivity index is 1.41. The number of fused-ring (bicyclic) bond motifs is 2. The number of hydrogen-bond acceptors (Lipinski definition) is 3. The van der Waals surface area contributed by atoms with Gasteiger partial charge in [-0.05, 0) is 48.2 Å². The molecule has 0 saturated carbocycles. The second-order valence-corrected chi connectivity index (χ2v) is 10.0. The molecule has 8 heteroatoms. The number of carbonyl (C=O) groups excluding carboxylic acids is 2. The van der Waals surface area contributed by atoms with Crippen LogP contribution in [0.25, 0.3) is 6.08 Å². The fourth-order valence-electron chi connectivity index (χ4n) is 5.69. The minimum Gasteiger partial charge on any atom is -0.480 e.